The van der Waals surface area contributed by atoms with Crippen LogP contribution in [0.1, 0.15) is 25.8 Å². The second-order valence-electron chi connectivity index (χ2n) is 5.70. The van der Waals surface area contributed by atoms with E-state index < -0.39 is 0 Å². The zero-order chi connectivity index (χ0) is 15.4. The average molecular weight is 289 g/mol. The standard InChI is InChI=1S/C16H23N3O2/c1-11-15(7-8-17-11)16(21)18-14-6-4-5-13(9-14)10-19(3)12(2)20/h4-6,9,11,15,17H,7-8,10H2,1-3H3,(H,18,21). The molecule has 0 spiro atoms. The van der Waals surface area contributed by atoms with Gasteiger partial charge in [-0.1, -0.05) is 12.1 Å². The summed E-state index contributed by atoms with van der Waals surface area (Å²) in [5, 5.41) is 6.26. The Bertz CT molecular complexity index is 530. The van der Waals surface area contributed by atoms with Gasteiger partial charge in [-0.3, -0.25) is 9.59 Å². The molecule has 0 bridgehead atoms. The van der Waals surface area contributed by atoms with Crippen molar-refractivity contribution in [3.8, 4) is 0 Å². The van der Waals surface area contributed by atoms with E-state index in [1.165, 1.54) is 0 Å². The lowest BCUT2D eigenvalue weighted by Gasteiger charge is -2.17. The van der Waals surface area contributed by atoms with Crippen LogP contribution in [0, 0.1) is 5.92 Å². The van der Waals surface area contributed by atoms with Gasteiger partial charge in [-0.2, -0.15) is 0 Å². The summed E-state index contributed by atoms with van der Waals surface area (Å²) >= 11 is 0. The molecule has 0 aromatic heterocycles. The van der Waals surface area contributed by atoms with Crippen LogP contribution in [0.5, 0.6) is 0 Å². The quantitative estimate of drug-likeness (QED) is 0.885. The van der Waals surface area contributed by atoms with Crippen molar-refractivity contribution >= 4 is 17.5 Å². The minimum atomic E-state index is 0.0218. The van der Waals surface area contributed by atoms with Gasteiger partial charge in [-0.25, -0.2) is 0 Å². The number of benzene rings is 1. The second-order valence-corrected chi connectivity index (χ2v) is 5.70. The third-order valence-corrected chi connectivity index (χ3v) is 4.01. The largest absolute Gasteiger partial charge is 0.342 e. The zero-order valence-corrected chi connectivity index (χ0v) is 12.8. The van der Waals surface area contributed by atoms with Gasteiger partial charge in [0.25, 0.3) is 0 Å². The first-order valence-corrected chi connectivity index (χ1v) is 7.32. The molecule has 2 rings (SSSR count). The van der Waals surface area contributed by atoms with E-state index in [0.717, 1.165) is 24.2 Å². The molecule has 0 saturated carbocycles. The van der Waals surface area contributed by atoms with Crippen molar-refractivity contribution in [2.75, 3.05) is 18.9 Å². The second kappa shape index (κ2) is 6.72. The molecule has 1 heterocycles. The van der Waals surface area contributed by atoms with Crippen molar-refractivity contribution < 1.29 is 9.59 Å². The molecular formula is C16H23N3O2. The van der Waals surface area contributed by atoms with Gasteiger partial charge in [0.1, 0.15) is 0 Å². The molecule has 5 nitrogen and oxygen atoms in total. The number of amides is 2. The number of rotatable bonds is 4. The van der Waals surface area contributed by atoms with Crippen molar-refractivity contribution in [2.45, 2.75) is 32.9 Å². The van der Waals surface area contributed by atoms with E-state index in [-0.39, 0.29) is 23.8 Å². The van der Waals surface area contributed by atoms with E-state index in [2.05, 4.69) is 10.6 Å². The topological polar surface area (TPSA) is 61.4 Å². The van der Waals surface area contributed by atoms with Gasteiger partial charge in [-0.15, -0.1) is 0 Å². The first-order valence-electron chi connectivity index (χ1n) is 7.32. The number of nitrogens with zero attached hydrogens (tertiary/aromatic N) is 1. The van der Waals surface area contributed by atoms with Crippen LogP contribution in [-0.2, 0) is 16.1 Å². The fraction of sp³-hybridized carbons (Fsp3) is 0.500. The molecule has 114 valence electrons. The molecule has 2 amide bonds. The van der Waals surface area contributed by atoms with E-state index in [0.29, 0.717) is 6.54 Å². The Labute approximate surface area is 125 Å². The van der Waals surface area contributed by atoms with Gasteiger partial charge >= 0.3 is 0 Å². The summed E-state index contributed by atoms with van der Waals surface area (Å²) in [6, 6.07) is 7.87. The predicted octanol–water partition coefficient (Wildman–Crippen LogP) is 1.60. The van der Waals surface area contributed by atoms with Crippen LogP contribution >= 0.6 is 0 Å². The van der Waals surface area contributed by atoms with Gasteiger partial charge < -0.3 is 15.5 Å². The van der Waals surface area contributed by atoms with Crippen LogP contribution in [0.3, 0.4) is 0 Å². The molecule has 5 heteroatoms. The molecule has 2 unspecified atom stereocenters. The van der Waals surface area contributed by atoms with Crippen molar-refractivity contribution in [1.82, 2.24) is 10.2 Å². The molecule has 1 saturated heterocycles. The lowest BCUT2D eigenvalue weighted by Crippen LogP contribution is -2.32. The maximum atomic E-state index is 12.3. The summed E-state index contributed by atoms with van der Waals surface area (Å²) in [6.45, 7) is 5.01. The number of carbonyl (C=O) groups is 2. The predicted molar refractivity (Wildman–Crippen MR) is 82.8 cm³/mol. The monoisotopic (exact) mass is 289 g/mol. The van der Waals surface area contributed by atoms with Gasteiger partial charge in [0.15, 0.2) is 0 Å². The molecule has 0 aliphatic carbocycles. The highest BCUT2D eigenvalue weighted by Gasteiger charge is 2.29. The molecule has 1 aliphatic heterocycles. The Morgan fingerprint density at radius 3 is 2.81 bits per heavy atom. The van der Waals surface area contributed by atoms with E-state index in [9.17, 15) is 9.59 Å². The van der Waals surface area contributed by atoms with Crippen molar-refractivity contribution in [3.63, 3.8) is 0 Å². The number of hydrogen-bond donors (Lipinski definition) is 2. The van der Waals surface area contributed by atoms with E-state index >= 15 is 0 Å². The first kappa shape index (κ1) is 15.5. The zero-order valence-electron chi connectivity index (χ0n) is 12.8. The van der Waals surface area contributed by atoms with E-state index in [4.69, 9.17) is 0 Å². The number of nitrogens with one attached hydrogen (secondary N) is 2. The highest BCUT2D eigenvalue weighted by atomic mass is 16.2. The molecule has 0 radical (unpaired) electrons. The summed E-state index contributed by atoms with van der Waals surface area (Å²) in [6.07, 6.45) is 0.875. The molecular weight excluding hydrogens is 266 g/mol. The van der Waals surface area contributed by atoms with Gasteiger partial charge in [0, 0.05) is 32.2 Å². The fourth-order valence-corrected chi connectivity index (χ4v) is 2.58. The van der Waals surface area contributed by atoms with Crippen LogP contribution in [0.4, 0.5) is 5.69 Å². The smallest absolute Gasteiger partial charge is 0.229 e. The number of anilines is 1. The van der Waals surface area contributed by atoms with Crippen LogP contribution in [-0.4, -0.2) is 36.3 Å². The Balaban J connectivity index is 2.00. The fourth-order valence-electron chi connectivity index (χ4n) is 2.58. The first-order chi connectivity index (χ1) is 9.97. The summed E-state index contributed by atoms with van der Waals surface area (Å²) in [5.74, 6) is 0.105. The lowest BCUT2D eigenvalue weighted by molar-refractivity contribution is -0.128. The van der Waals surface area contributed by atoms with E-state index in [1.807, 2.05) is 31.2 Å². The molecule has 1 aromatic rings. The van der Waals surface area contributed by atoms with Gasteiger partial charge in [0.2, 0.25) is 11.8 Å². The number of carbonyl (C=O) groups excluding carboxylic acids is 2. The average Bonchev–Trinajstić information content (AvgIpc) is 2.85. The highest BCUT2D eigenvalue weighted by Crippen LogP contribution is 2.19. The minimum Gasteiger partial charge on any atom is -0.342 e. The maximum Gasteiger partial charge on any atom is 0.229 e. The van der Waals surface area contributed by atoms with Crippen LogP contribution in [0.15, 0.2) is 24.3 Å². The highest BCUT2D eigenvalue weighted by molar-refractivity contribution is 5.93. The maximum absolute atomic E-state index is 12.3. The molecule has 1 aromatic carbocycles. The number of hydrogen-bond acceptors (Lipinski definition) is 3. The van der Waals surface area contributed by atoms with Crippen molar-refractivity contribution in [3.05, 3.63) is 29.8 Å². The summed E-state index contributed by atoms with van der Waals surface area (Å²) in [5.41, 5.74) is 1.79. The molecule has 1 fully saturated rings. The Morgan fingerprint density at radius 1 is 1.43 bits per heavy atom. The third-order valence-electron chi connectivity index (χ3n) is 4.01. The lowest BCUT2D eigenvalue weighted by atomic mass is 10.0. The Hall–Kier alpha value is -1.88. The summed E-state index contributed by atoms with van der Waals surface area (Å²) in [4.78, 5) is 25.2. The van der Waals surface area contributed by atoms with E-state index in [1.54, 1.807) is 18.9 Å². The molecule has 21 heavy (non-hydrogen) atoms. The van der Waals surface area contributed by atoms with Crippen molar-refractivity contribution in [1.29, 1.82) is 0 Å². The Morgan fingerprint density at radius 2 is 2.19 bits per heavy atom. The third kappa shape index (κ3) is 4.04. The Kier molecular flexibility index (Phi) is 4.96. The SMILES string of the molecule is CC(=O)N(C)Cc1cccc(NC(=O)C2CCNC2C)c1. The van der Waals surface area contributed by atoms with Crippen LogP contribution < -0.4 is 10.6 Å². The minimum absolute atomic E-state index is 0.0218. The van der Waals surface area contributed by atoms with Gasteiger partial charge in [0.05, 0.1) is 5.92 Å². The van der Waals surface area contributed by atoms with Crippen LogP contribution in [0.25, 0.3) is 0 Å². The normalized spacial score (nSPS) is 21.1. The summed E-state index contributed by atoms with van der Waals surface area (Å²) in [7, 11) is 1.76. The van der Waals surface area contributed by atoms with Gasteiger partial charge in [-0.05, 0) is 37.6 Å². The van der Waals surface area contributed by atoms with Crippen molar-refractivity contribution in [2.24, 2.45) is 5.92 Å². The molecule has 2 N–H and O–H groups in total. The molecule has 2 atom stereocenters. The summed E-state index contributed by atoms with van der Waals surface area (Å²) < 4.78 is 0. The van der Waals surface area contributed by atoms with Crippen LogP contribution in [0.2, 0.25) is 0 Å². The molecule has 1 aliphatic rings.